The van der Waals surface area contributed by atoms with Crippen LogP contribution in [0.1, 0.15) is 104 Å². The van der Waals surface area contributed by atoms with Crippen molar-refractivity contribution in [3.8, 4) is 11.1 Å². The van der Waals surface area contributed by atoms with Gasteiger partial charge in [-0.25, -0.2) is 4.79 Å². The molecule has 1 aliphatic heterocycles. The molecule has 3 aromatic carbocycles. The first kappa shape index (κ1) is 39.4. The Kier molecular flexibility index (Phi) is 10.2. The van der Waals surface area contributed by atoms with E-state index in [0.717, 1.165) is 46.0 Å². The van der Waals surface area contributed by atoms with Gasteiger partial charge in [0.15, 0.2) is 0 Å². The molecule has 1 amide bonds. The number of carbonyl (C=O) groups excluding carboxylic acids is 3. The highest BCUT2D eigenvalue weighted by Gasteiger charge is 2.68. The summed E-state index contributed by atoms with van der Waals surface area (Å²) < 4.78 is 26.9. The maximum Gasteiger partial charge on any atom is 0.481 e. The van der Waals surface area contributed by atoms with Crippen LogP contribution in [0.4, 0.5) is 4.79 Å². The van der Waals surface area contributed by atoms with E-state index >= 15 is 0 Å². The van der Waals surface area contributed by atoms with Crippen LogP contribution in [0.15, 0.2) is 79.0 Å². The third kappa shape index (κ3) is 7.33. The van der Waals surface area contributed by atoms with E-state index in [1.54, 1.807) is 6.20 Å². The lowest BCUT2D eigenvalue weighted by atomic mass is 9.43. The quantitative estimate of drug-likeness (QED) is 0.120. The van der Waals surface area contributed by atoms with E-state index in [2.05, 4.69) is 64.2 Å². The molecule has 1 saturated heterocycles. The summed E-state index contributed by atoms with van der Waals surface area (Å²) >= 11 is 0. The number of benzene rings is 3. The highest BCUT2D eigenvalue weighted by molar-refractivity contribution is 6.47. The minimum absolute atomic E-state index is 0.0264. The number of esters is 1. The molecular formula is C47H57BN2O7. The minimum Gasteiger partial charge on any atom is -0.465 e. The minimum atomic E-state index is -0.806. The average molecular weight is 773 g/mol. The molecule has 10 heteroatoms. The van der Waals surface area contributed by atoms with Gasteiger partial charge >= 0.3 is 19.2 Å². The number of carbonyl (C=O) groups is 3. The summed E-state index contributed by atoms with van der Waals surface area (Å²) in [5.74, 6) is -0.831. The first-order chi connectivity index (χ1) is 27.0. The van der Waals surface area contributed by atoms with Crippen LogP contribution in [0.25, 0.3) is 22.0 Å². The Morgan fingerprint density at radius 3 is 2.23 bits per heavy atom. The SMILES string of the molecule is CC(C)C[C@H](NC(=O)[C@@H](CC(=O)OCC1c2ccccc2-c2ccccc21)Cc1cn(C(=O)OC(C)(C)C)c2ccccc12)B1O[C@@H]2C[C@@H]3C[C@@H](C3(C)C)[C@]2(C)O1. The second-order valence-electron chi connectivity index (χ2n) is 19.1. The van der Waals surface area contributed by atoms with E-state index < -0.39 is 42.2 Å². The van der Waals surface area contributed by atoms with Crippen molar-refractivity contribution in [1.29, 1.82) is 0 Å². The number of hydrogen-bond acceptors (Lipinski definition) is 7. The van der Waals surface area contributed by atoms with Crippen molar-refractivity contribution < 1.29 is 33.2 Å². The van der Waals surface area contributed by atoms with E-state index in [1.165, 1.54) is 4.57 Å². The highest BCUT2D eigenvalue weighted by atomic mass is 16.7. The number of fused-ring (bicyclic) bond motifs is 4. The predicted octanol–water partition coefficient (Wildman–Crippen LogP) is 9.13. The number of nitrogens with zero attached hydrogens (tertiary/aromatic N) is 1. The van der Waals surface area contributed by atoms with E-state index in [-0.39, 0.29) is 48.7 Å². The molecule has 1 aromatic heterocycles. The van der Waals surface area contributed by atoms with Gasteiger partial charge in [-0.05, 0) is 110 Å². The van der Waals surface area contributed by atoms with Crippen LogP contribution in [0, 0.1) is 29.1 Å². The van der Waals surface area contributed by atoms with Gasteiger partial charge in [-0.2, -0.15) is 0 Å². The Hall–Kier alpha value is -4.41. The van der Waals surface area contributed by atoms with E-state index in [9.17, 15) is 14.4 Å². The number of ether oxygens (including phenoxy) is 2. The summed E-state index contributed by atoms with van der Waals surface area (Å²) in [4.78, 5) is 42.1. The Morgan fingerprint density at radius 2 is 1.58 bits per heavy atom. The fourth-order valence-corrected chi connectivity index (χ4v) is 10.4. The molecule has 57 heavy (non-hydrogen) atoms. The Bertz CT molecular complexity index is 2140. The number of rotatable bonds is 11. The van der Waals surface area contributed by atoms with Crippen LogP contribution in [-0.4, -0.2) is 59.5 Å². The molecule has 3 saturated carbocycles. The topological polar surface area (TPSA) is 105 Å². The van der Waals surface area contributed by atoms with E-state index in [1.807, 2.05) is 69.3 Å². The smallest absolute Gasteiger partial charge is 0.465 e. The molecule has 0 spiro atoms. The fraction of sp³-hybridized carbons (Fsp3) is 0.511. The van der Waals surface area contributed by atoms with E-state index in [4.69, 9.17) is 18.8 Å². The standard InChI is InChI=1S/C47H57BN2O7/c1-28(2)21-41(48-56-40-25-31-24-39(46(31,6)7)47(40,8)57-48)49-43(52)29(22-30-26-50(44(53)55-45(3,4)5)38-20-14-13-15-32(30)38)23-42(51)54-27-37-35-18-11-9-16-33(35)34-17-10-12-19-36(34)37/h9-20,26,28-29,31,37,39-41H,21-25,27H2,1-8H3,(H,49,52)/t29-,31+,39+,40-,41+,47+/m1/s1. The number of nitrogens with one attached hydrogen (secondary N) is 1. The summed E-state index contributed by atoms with van der Waals surface area (Å²) in [6, 6.07) is 24.0. The molecule has 6 atom stereocenters. The molecule has 4 aliphatic carbocycles. The van der Waals surface area contributed by atoms with Gasteiger partial charge in [0.05, 0.1) is 35.5 Å². The first-order valence-corrected chi connectivity index (χ1v) is 20.8. The lowest BCUT2D eigenvalue weighted by molar-refractivity contribution is -0.199. The van der Waals surface area contributed by atoms with Gasteiger partial charge in [0.25, 0.3) is 0 Å². The normalized spacial score (nSPS) is 24.3. The second-order valence-corrected chi connectivity index (χ2v) is 19.1. The van der Waals surface area contributed by atoms with Crippen LogP contribution in [0.5, 0.6) is 0 Å². The first-order valence-electron chi connectivity index (χ1n) is 20.8. The van der Waals surface area contributed by atoms with Crippen LogP contribution in [0.2, 0.25) is 0 Å². The van der Waals surface area contributed by atoms with Crippen molar-refractivity contribution in [2.45, 2.75) is 117 Å². The summed E-state index contributed by atoms with van der Waals surface area (Å²) in [5.41, 5.74) is 5.04. The second kappa shape index (κ2) is 14.8. The maximum absolute atomic E-state index is 14.7. The van der Waals surface area contributed by atoms with Crippen LogP contribution >= 0.6 is 0 Å². The Morgan fingerprint density at radius 1 is 0.930 bits per heavy atom. The molecule has 5 aliphatic rings. The largest absolute Gasteiger partial charge is 0.481 e. The summed E-state index contributed by atoms with van der Waals surface area (Å²) in [6.45, 7) is 16.8. The lowest BCUT2D eigenvalue weighted by Gasteiger charge is -2.64. The maximum atomic E-state index is 14.7. The van der Waals surface area contributed by atoms with Crippen LogP contribution in [-0.2, 0) is 34.8 Å². The van der Waals surface area contributed by atoms with Crippen molar-refractivity contribution in [1.82, 2.24) is 9.88 Å². The molecule has 2 heterocycles. The van der Waals surface area contributed by atoms with Crippen LogP contribution in [0.3, 0.4) is 0 Å². The molecule has 300 valence electrons. The number of amides is 1. The van der Waals surface area contributed by atoms with Crippen molar-refractivity contribution in [2.24, 2.45) is 29.1 Å². The molecule has 4 fully saturated rings. The predicted molar refractivity (Wildman–Crippen MR) is 222 cm³/mol. The zero-order valence-electron chi connectivity index (χ0n) is 34.7. The van der Waals surface area contributed by atoms with Crippen molar-refractivity contribution in [3.05, 3.63) is 95.7 Å². The molecule has 4 aromatic rings. The zero-order valence-corrected chi connectivity index (χ0v) is 34.7. The molecule has 9 nitrogen and oxygen atoms in total. The Balaban J connectivity index is 1.06. The molecule has 0 unspecified atom stereocenters. The monoisotopic (exact) mass is 772 g/mol. The van der Waals surface area contributed by atoms with Crippen molar-refractivity contribution >= 4 is 36.0 Å². The summed E-state index contributed by atoms with van der Waals surface area (Å²) in [6.07, 6.45) is 3.99. The van der Waals surface area contributed by atoms with Gasteiger partial charge < -0.3 is 24.1 Å². The van der Waals surface area contributed by atoms with Gasteiger partial charge in [-0.3, -0.25) is 14.2 Å². The molecule has 9 rings (SSSR count). The van der Waals surface area contributed by atoms with Gasteiger partial charge in [-0.1, -0.05) is 94.4 Å². The third-order valence-corrected chi connectivity index (χ3v) is 13.4. The summed E-state index contributed by atoms with van der Waals surface area (Å²) in [7, 11) is -0.606. The number of hydrogen-bond donors (Lipinski definition) is 1. The van der Waals surface area contributed by atoms with Gasteiger partial charge in [-0.15, -0.1) is 0 Å². The molecule has 1 N–H and O–H groups in total. The highest BCUT2D eigenvalue weighted by Crippen LogP contribution is 2.65. The van der Waals surface area contributed by atoms with Gasteiger partial charge in [0, 0.05) is 17.5 Å². The van der Waals surface area contributed by atoms with Crippen molar-refractivity contribution in [3.63, 3.8) is 0 Å². The third-order valence-electron chi connectivity index (χ3n) is 13.4. The number of aromatic nitrogens is 1. The van der Waals surface area contributed by atoms with Crippen LogP contribution < -0.4 is 5.32 Å². The van der Waals surface area contributed by atoms with Gasteiger partial charge in [0.1, 0.15) is 12.2 Å². The molecular weight excluding hydrogens is 715 g/mol. The Labute approximate surface area is 337 Å². The van der Waals surface area contributed by atoms with Crippen molar-refractivity contribution in [2.75, 3.05) is 6.61 Å². The molecule has 0 radical (unpaired) electrons. The fourth-order valence-electron chi connectivity index (χ4n) is 10.4. The zero-order chi connectivity index (χ0) is 40.4. The lowest BCUT2D eigenvalue weighted by Crippen LogP contribution is -2.65. The summed E-state index contributed by atoms with van der Waals surface area (Å²) in [5, 5.41) is 4.14. The van der Waals surface area contributed by atoms with Gasteiger partial charge in [0.2, 0.25) is 5.91 Å². The molecule has 2 bridgehead atoms. The van der Waals surface area contributed by atoms with E-state index in [0.29, 0.717) is 23.8 Å². The average Bonchev–Trinajstić information content (AvgIpc) is 3.81. The number of para-hydroxylation sites is 1.